The Bertz CT molecular complexity index is 1810. The molecule has 0 aromatic carbocycles. The molecule has 3 N–H and O–H groups in total. The molecule has 1 aliphatic carbocycles. The average molecular weight is 650 g/mol. The number of amides is 2. The molecule has 14 heteroatoms. The highest BCUT2D eigenvalue weighted by Crippen LogP contribution is 2.59. The maximum Gasteiger partial charge on any atom is 0.248 e. The number of nitrogens with zero attached hydrogens (tertiary/aromatic N) is 7. The number of anilines is 1. The fraction of sp³-hybridized carbons (Fsp3) is 0.379. The van der Waals surface area contributed by atoms with Crippen molar-refractivity contribution in [3.63, 3.8) is 0 Å². The molecule has 0 bridgehead atoms. The molecule has 2 amide bonds. The third-order valence-corrected chi connectivity index (χ3v) is 8.80. The predicted molar refractivity (Wildman–Crippen MR) is 158 cm³/mol. The van der Waals surface area contributed by atoms with Gasteiger partial charge in [0.2, 0.25) is 11.8 Å². The summed E-state index contributed by atoms with van der Waals surface area (Å²) in [6.45, 7) is 6.18. The number of pyridine rings is 2. The molecule has 2 aliphatic rings. The minimum absolute atomic E-state index is 0.182. The van der Waals surface area contributed by atoms with E-state index in [1.54, 1.807) is 44.4 Å². The van der Waals surface area contributed by atoms with E-state index in [-0.39, 0.29) is 36.9 Å². The Morgan fingerprint density at radius 1 is 1.16 bits per heavy atom. The van der Waals surface area contributed by atoms with Gasteiger partial charge in [-0.1, -0.05) is 13.0 Å². The molecule has 2 fully saturated rings. The predicted octanol–water partition coefficient (Wildman–Crippen LogP) is 2.35. The topological polar surface area (TPSA) is 176 Å². The molecule has 43 heavy (non-hydrogen) atoms. The third-order valence-electron chi connectivity index (χ3n) is 8.35. The van der Waals surface area contributed by atoms with Crippen LogP contribution in [0.4, 0.5) is 5.82 Å². The van der Waals surface area contributed by atoms with Gasteiger partial charge in [-0.3, -0.25) is 24.0 Å². The monoisotopic (exact) mass is 648 g/mol. The van der Waals surface area contributed by atoms with E-state index in [0.29, 0.717) is 43.8 Å². The Kier molecular flexibility index (Phi) is 7.10. The van der Waals surface area contributed by atoms with E-state index >= 15 is 0 Å². The number of aliphatic hydroxyl groups is 2. The quantitative estimate of drug-likeness (QED) is 0.199. The zero-order valence-electron chi connectivity index (χ0n) is 23.9. The second-order valence-corrected chi connectivity index (χ2v) is 12.1. The number of rotatable bonds is 7. The van der Waals surface area contributed by atoms with Crippen molar-refractivity contribution in [1.82, 2.24) is 34.6 Å². The van der Waals surface area contributed by atoms with Gasteiger partial charge in [-0.2, -0.15) is 5.10 Å². The summed E-state index contributed by atoms with van der Waals surface area (Å²) in [5, 5.41) is 28.2. The van der Waals surface area contributed by atoms with Crippen molar-refractivity contribution < 1.29 is 24.6 Å². The van der Waals surface area contributed by atoms with Gasteiger partial charge in [0, 0.05) is 41.2 Å². The molecule has 6 rings (SSSR count). The lowest BCUT2D eigenvalue weighted by molar-refractivity contribution is -0.139. The van der Waals surface area contributed by atoms with Crippen molar-refractivity contribution in [3.8, 4) is 11.3 Å². The Labute approximate surface area is 254 Å². The van der Waals surface area contributed by atoms with E-state index in [9.17, 15) is 24.6 Å². The second kappa shape index (κ2) is 10.5. The van der Waals surface area contributed by atoms with Gasteiger partial charge < -0.3 is 20.4 Å². The fourth-order valence-corrected chi connectivity index (χ4v) is 6.35. The normalized spacial score (nSPS) is 22.5. The standard InChI is InChI=1S/C29H29BrN8O5/c1-13-24-18(7-19(33-13)17-9-31-15(3)32-10-17)23(14(2)40)36-37(24)11-22(41)38-20(8-29(4)25(38)26(29)42)28(43)35-27-16(12-39)5-6-21(30)34-27/h5-7,9-10,20,25-26,39,42H,8,11-12H2,1-4H3,(H,34,35,43)/t20-,25+,26?,29+/m0/s1. The lowest BCUT2D eigenvalue weighted by Crippen LogP contribution is -2.48. The first kappa shape index (κ1) is 29.0. The zero-order valence-corrected chi connectivity index (χ0v) is 25.5. The van der Waals surface area contributed by atoms with Crippen LogP contribution < -0.4 is 5.32 Å². The van der Waals surface area contributed by atoms with Crippen LogP contribution in [0.1, 0.15) is 47.8 Å². The highest BCUT2D eigenvalue weighted by Gasteiger charge is 2.72. The molecule has 1 aliphatic heterocycles. The molecule has 0 spiro atoms. The van der Waals surface area contributed by atoms with Crippen LogP contribution in [0.5, 0.6) is 0 Å². The number of nitrogens with one attached hydrogen (secondary N) is 1. The summed E-state index contributed by atoms with van der Waals surface area (Å²) in [4.78, 5) is 58.9. The number of aromatic nitrogens is 6. The van der Waals surface area contributed by atoms with Crippen molar-refractivity contribution in [1.29, 1.82) is 0 Å². The van der Waals surface area contributed by atoms with Crippen LogP contribution in [0.25, 0.3) is 22.2 Å². The number of piperidine rings is 1. The lowest BCUT2D eigenvalue weighted by atomic mass is 10.0. The molecule has 4 aromatic rings. The number of halogens is 1. The molecule has 1 unspecified atom stereocenters. The number of Topliss-reactive ketones (excluding diaryl/α,β-unsaturated/α-hetero) is 1. The van der Waals surface area contributed by atoms with Gasteiger partial charge in [0.1, 0.15) is 34.5 Å². The van der Waals surface area contributed by atoms with Gasteiger partial charge in [-0.25, -0.2) is 15.0 Å². The van der Waals surface area contributed by atoms with E-state index < -0.39 is 35.4 Å². The first-order chi connectivity index (χ1) is 20.4. The van der Waals surface area contributed by atoms with Crippen molar-refractivity contribution >= 4 is 50.2 Å². The number of aryl methyl sites for hydroxylation is 2. The molecular formula is C29H29BrN8O5. The van der Waals surface area contributed by atoms with Crippen molar-refractivity contribution in [2.45, 2.75) is 65.5 Å². The minimum Gasteiger partial charge on any atom is -0.392 e. The molecule has 1 saturated heterocycles. The molecule has 5 heterocycles. The van der Waals surface area contributed by atoms with Crippen LogP contribution in [0.15, 0.2) is 35.2 Å². The van der Waals surface area contributed by atoms with Crippen LogP contribution in [0.2, 0.25) is 0 Å². The van der Waals surface area contributed by atoms with Gasteiger partial charge >= 0.3 is 0 Å². The van der Waals surface area contributed by atoms with E-state index in [2.05, 4.69) is 46.3 Å². The summed E-state index contributed by atoms with van der Waals surface area (Å²) in [5.41, 5.74) is 2.27. The number of fused-ring (bicyclic) bond motifs is 2. The highest BCUT2D eigenvalue weighted by molar-refractivity contribution is 9.10. The zero-order chi connectivity index (χ0) is 30.8. The number of carbonyl (C=O) groups is 3. The Morgan fingerprint density at radius 3 is 2.56 bits per heavy atom. The molecule has 222 valence electrons. The largest absolute Gasteiger partial charge is 0.392 e. The molecule has 1 saturated carbocycles. The first-order valence-electron chi connectivity index (χ1n) is 13.7. The second-order valence-electron chi connectivity index (χ2n) is 11.3. The molecule has 13 nitrogen and oxygen atoms in total. The number of hydrogen-bond acceptors (Lipinski definition) is 10. The fourth-order valence-electron chi connectivity index (χ4n) is 6.04. The van der Waals surface area contributed by atoms with E-state index in [4.69, 9.17) is 0 Å². The molecule has 4 aromatic heterocycles. The summed E-state index contributed by atoms with van der Waals surface area (Å²) in [6.07, 6.45) is 2.78. The first-order valence-corrected chi connectivity index (χ1v) is 14.5. The van der Waals surface area contributed by atoms with E-state index in [1.807, 2.05) is 6.92 Å². The van der Waals surface area contributed by atoms with E-state index in [0.717, 1.165) is 0 Å². The van der Waals surface area contributed by atoms with Crippen LogP contribution in [0.3, 0.4) is 0 Å². The minimum atomic E-state index is -0.889. The maximum absolute atomic E-state index is 13.9. The number of ketones is 1. The lowest BCUT2D eigenvalue weighted by Gasteiger charge is -2.28. The number of aliphatic hydroxyl groups excluding tert-OH is 2. The Hall–Kier alpha value is -4.14. The van der Waals surface area contributed by atoms with Gasteiger partial charge in [0.05, 0.1) is 35.7 Å². The van der Waals surface area contributed by atoms with Gasteiger partial charge in [-0.05, 0) is 48.3 Å². The van der Waals surface area contributed by atoms with Crippen LogP contribution >= 0.6 is 15.9 Å². The van der Waals surface area contributed by atoms with Crippen LogP contribution in [-0.2, 0) is 22.7 Å². The molecule has 0 radical (unpaired) electrons. The third kappa shape index (κ3) is 4.88. The number of hydrogen-bond donors (Lipinski definition) is 3. The summed E-state index contributed by atoms with van der Waals surface area (Å²) in [6, 6.07) is 3.58. The van der Waals surface area contributed by atoms with Crippen molar-refractivity contribution in [2.24, 2.45) is 5.41 Å². The molecule has 4 atom stereocenters. The summed E-state index contributed by atoms with van der Waals surface area (Å²) >= 11 is 3.28. The summed E-state index contributed by atoms with van der Waals surface area (Å²) < 4.78 is 1.91. The Balaban J connectivity index is 1.33. The van der Waals surface area contributed by atoms with Gasteiger partial charge in [-0.15, -0.1) is 0 Å². The average Bonchev–Trinajstić information content (AvgIpc) is 3.24. The Morgan fingerprint density at radius 2 is 1.88 bits per heavy atom. The number of likely N-dealkylation sites (tertiary alicyclic amines) is 1. The summed E-state index contributed by atoms with van der Waals surface area (Å²) in [7, 11) is 0. The molecular weight excluding hydrogens is 620 g/mol. The van der Waals surface area contributed by atoms with Gasteiger partial charge in [0.15, 0.2) is 5.78 Å². The van der Waals surface area contributed by atoms with Crippen molar-refractivity contribution in [3.05, 3.63) is 58.0 Å². The van der Waals surface area contributed by atoms with Crippen molar-refractivity contribution in [2.75, 3.05) is 5.32 Å². The SMILES string of the molecule is CC(=O)c1nn(CC(=O)N2[C@H](C(=O)Nc3nc(Br)ccc3CO)C[C@@]3(C)C(O)[C@@H]23)c2c(C)nc(-c3cnc(C)nc3)cc12. The van der Waals surface area contributed by atoms with Crippen LogP contribution in [0, 0.1) is 19.3 Å². The highest BCUT2D eigenvalue weighted by atomic mass is 79.9. The van der Waals surface area contributed by atoms with Gasteiger partial charge in [0.25, 0.3) is 0 Å². The maximum atomic E-state index is 13.9. The van der Waals surface area contributed by atoms with E-state index in [1.165, 1.54) is 16.5 Å². The number of carbonyl (C=O) groups excluding carboxylic acids is 3. The smallest absolute Gasteiger partial charge is 0.248 e. The summed E-state index contributed by atoms with van der Waals surface area (Å²) in [5.74, 6) is -0.402. The van der Waals surface area contributed by atoms with Crippen LogP contribution in [-0.4, -0.2) is 80.6 Å².